The van der Waals surface area contributed by atoms with Crippen LogP contribution >= 0.6 is 11.3 Å². The molecule has 0 N–H and O–H groups in total. The van der Waals surface area contributed by atoms with E-state index < -0.39 is 9.84 Å². The third-order valence-electron chi connectivity index (χ3n) is 3.08. The summed E-state index contributed by atoms with van der Waals surface area (Å²) in [5.74, 6) is 0.267. The number of sulfone groups is 1. The molecule has 0 atom stereocenters. The molecule has 5 heteroatoms. The number of ketones is 1. The smallest absolute Gasteiger partial charge is 0.164 e. The van der Waals surface area contributed by atoms with Crippen molar-refractivity contribution in [2.24, 2.45) is 0 Å². The molecule has 0 aliphatic carbocycles. The van der Waals surface area contributed by atoms with Gasteiger partial charge in [0.15, 0.2) is 5.78 Å². The lowest BCUT2D eigenvalue weighted by atomic mass is 10.1. The highest BCUT2D eigenvalue weighted by Crippen LogP contribution is 2.26. The largest absolute Gasteiger partial charge is 0.294 e. The first-order chi connectivity index (χ1) is 9.03. The molecule has 102 valence electrons. The van der Waals surface area contributed by atoms with Crippen molar-refractivity contribution in [1.82, 2.24) is 0 Å². The van der Waals surface area contributed by atoms with Gasteiger partial charge in [-0.3, -0.25) is 4.79 Å². The van der Waals surface area contributed by atoms with Gasteiger partial charge < -0.3 is 0 Å². The van der Waals surface area contributed by atoms with Crippen LogP contribution in [0.1, 0.15) is 30.1 Å². The number of fused-ring (bicyclic) bond motifs is 1. The second kappa shape index (κ2) is 5.84. The van der Waals surface area contributed by atoms with Crippen LogP contribution < -0.4 is 0 Å². The van der Waals surface area contributed by atoms with Gasteiger partial charge in [0, 0.05) is 33.2 Å². The average molecular weight is 296 g/mol. The molecule has 1 aromatic carbocycles. The molecular formula is C14H16O3S2. The van der Waals surface area contributed by atoms with Gasteiger partial charge in [0.2, 0.25) is 0 Å². The first-order valence-electron chi connectivity index (χ1n) is 6.23. The fourth-order valence-electron chi connectivity index (χ4n) is 1.93. The summed E-state index contributed by atoms with van der Waals surface area (Å²) in [6.45, 7) is 1.63. The maximum Gasteiger partial charge on any atom is 0.164 e. The molecule has 19 heavy (non-hydrogen) atoms. The first kappa shape index (κ1) is 14.2. The Labute approximate surface area is 117 Å². The monoisotopic (exact) mass is 296 g/mol. The van der Waals surface area contributed by atoms with Crippen LogP contribution in [0.15, 0.2) is 29.6 Å². The van der Waals surface area contributed by atoms with Gasteiger partial charge in [-0.1, -0.05) is 25.1 Å². The highest BCUT2D eigenvalue weighted by molar-refractivity contribution is 7.91. The Kier molecular flexibility index (Phi) is 4.37. The minimum atomic E-state index is -2.98. The topological polar surface area (TPSA) is 51.2 Å². The van der Waals surface area contributed by atoms with Crippen molar-refractivity contribution in [1.29, 1.82) is 0 Å². The summed E-state index contributed by atoms with van der Waals surface area (Å²) in [6.07, 6.45) is 0.694. The molecule has 0 aliphatic heterocycles. The number of hydrogen-bond acceptors (Lipinski definition) is 4. The second-order valence-corrected chi connectivity index (χ2v) is 7.79. The molecule has 0 saturated carbocycles. The molecule has 0 amide bonds. The number of carbonyl (C=O) groups excluding carboxylic acids is 1. The van der Waals surface area contributed by atoms with Crippen molar-refractivity contribution in [3.05, 3.63) is 35.2 Å². The molecule has 0 bridgehead atoms. The Morgan fingerprint density at radius 2 is 2.00 bits per heavy atom. The molecule has 2 rings (SSSR count). The van der Waals surface area contributed by atoms with Gasteiger partial charge in [0.25, 0.3) is 0 Å². The lowest BCUT2D eigenvalue weighted by molar-refractivity contribution is 0.0984. The molecule has 0 aliphatic rings. The van der Waals surface area contributed by atoms with Crippen LogP contribution in [0.5, 0.6) is 0 Å². The van der Waals surface area contributed by atoms with Crippen molar-refractivity contribution < 1.29 is 13.2 Å². The predicted molar refractivity (Wildman–Crippen MR) is 79.7 cm³/mol. The van der Waals surface area contributed by atoms with E-state index in [0.29, 0.717) is 12.8 Å². The molecule has 0 saturated heterocycles. The molecule has 2 aromatic rings. The van der Waals surface area contributed by atoms with Crippen LogP contribution in [0, 0.1) is 0 Å². The molecule has 1 heterocycles. The number of Topliss-reactive ketones (excluding diaryl/α,β-unsaturated/α-hetero) is 1. The third-order valence-corrected chi connectivity index (χ3v) is 5.83. The van der Waals surface area contributed by atoms with E-state index in [2.05, 4.69) is 0 Å². The number of carbonyl (C=O) groups is 1. The maximum absolute atomic E-state index is 12.1. The Hall–Kier alpha value is -1.20. The summed E-state index contributed by atoms with van der Waals surface area (Å²) in [5, 5.41) is 2.83. The van der Waals surface area contributed by atoms with Crippen molar-refractivity contribution >= 4 is 37.0 Å². The van der Waals surface area contributed by atoms with E-state index >= 15 is 0 Å². The molecule has 0 unspecified atom stereocenters. The highest BCUT2D eigenvalue weighted by Gasteiger charge is 2.13. The van der Waals surface area contributed by atoms with Gasteiger partial charge >= 0.3 is 0 Å². The number of rotatable bonds is 6. The summed E-state index contributed by atoms with van der Waals surface area (Å²) in [6, 6.07) is 7.77. The standard InChI is InChI=1S/C14H16O3S2/c1-2-19(16,17)9-5-7-13(15)12-10-18-14-8-4-3-6-11(12)14/h3-4,6,8,10H,2,5,7,9H2,1H3. The van der Waals surface area contributed by atoms with E-state index in [4.69, 9.17) is 0 Å². The minimum absolute atomic E-state index is 0.0313. The van der Waals surface area contributed by atoms with Crippen molar-refractivity contribution in [3.63, 3.8) is 0 Å². The van der Waals surface area contributed by atoms with Crippen molar-refractivity contribution in [2.75, 3.05) is 11.5 Å². The summed E-state index contributed by atoms with van der Waals surface area (Å²) in [4.78, 5) is 12.1. The van der Waals surface area contributed by atoms with Crippen LogP contribution in [0.25, 0.3) is 10.1 Å². The van der Waals surface area contributed by atoms with E-state index in [1.165, 1.54) is 0 Å². The molecule has 0 radical (unpaired) electrons. The van der Waals surface area contributed by atoms with Gasteiger partial charge in [-0.05, 0) is 12.5 Å². The zero-order chi connectivity index (χ0) is 13.9. The molecule has 3 nitrogen and oxygen atoms in total. The predicted octanol–water partition coefficient (Wildman–Crippen LogP) is 3.30. The third kappa shape index (κ3) is 3.42. The quantitative estimate of drug-likeness (QED) is 0.769. The Balaban J connectivity index is 2.05. The zero-order valence-electron chi connectivity index (χ0n) is 10.8. The summed E-state index contributed by atoms with van der Waals surface area (Å²) in [5.41, 5.74) is 0.717. The van der Waals surface area contributed by atoms with Crippen molar-refractivity contribution in [3.8, 4) is 0 Å². The van der Waals surface area contributed by atoms with Crippen LogP contribution in [0.3, 0.4) is 0 Å². The number of hydrogen-bond donors (Lipinski definition) is 0. The summed E-state index contributed by atoms with van der Waals surface area (Å²) >= 11 is 1.55. The Morgan fingerprint density at radius 3 is 2.74 bits per heavy atom. The SMILES string of the molecule is CCS(=O)(=O)CCCC(=O)c1csc2ccccc12. The lowest BCUT2D eigenvalue weighted by Crippen LogP contribution is -2.10. The summed E-state index contributed by atoms with van der Waals surface area (Å²) < 4.78 is 23.8. The fourth-order valence-corrected chi connectivity index (χ4v) is 3.76. The first-order valence-corrected chi connectivity index (χ1v) is 8.93. The number of thiophene rings is 1. The van der Waals surface area contributed by atoms with E-state index in [-0.39, 0.29) is 17.3 Å². The highest BCUT2D eigenvalue weighted by atomic mass is 32.2. The van der Waals surface area contributed by atoms with Gasteiger partial charge in [-0.15, -0.1) is 11.3 Å². The normalized spacial score (nSPS) is 11.8. The molecule has 0 fully saturated rings. The van der Waals surface area contributed by atoms with Gasteiger partial charge in [0.1, 0.15) is 9.84 Å². The van der Waals surface area contributed by atoms with Crippen LogP contribution in [-0.2, 0) is 9.84 Å². The van der Waals surface area contributed by atoms with E-state index in [1.807, 2.05) is 29.6 Å². The maximum atomic E-state index is 12.1. The Bertz CT molecular complexity index is 684. The fraction of sp³-hybridized carbons (Fsp3) is 0.357. The van der Waals surface area contributed by atoms with Gasteiger partial charge in [0.05, 0.1) is 5.75 Å². The zero-order valence-corrected chi connectivity index (χ0v) is 12.4. The molecular weight excluding hydrogens is 280 g/mol. The Morgan fingerprint density at radius 1 is 1.26 bits per heavy atom. The van der Waals surface area contributed by atoms with Crippen LogP contribution in [-0.4, -0.2) is 25.7 Å². The second-order valence-electron chi connectivity index (χ2n) is 4.41. The lowest BCUT2D eigenvalue weighted by Gasteiger charge is -2.01. The van der Waals surface area contributed by atoms with Crippen LogP contribution in [0.4, 0.5) is 0 Å². The average Bonchev–Trinajstić information content (AvgIpc) is 2.82. The summed E-state index contributed by atoms with van der Waals surface area (Å²) in [7, 11) is -2.98. The minimum Gasteiger partial charge on any atom is -0.294 e. The van der Waals surface area contributed by atoms with Gasteiger partial charge in [-0.25, -0.2) is 8.42 Å². The van der Waals surface area contributed by atoms with Crippen molar-refractivity contribution in [2.45, 2.75) is 19.8 Å². The van der Waals surface area contributed by atoms with Gasteiger partial charge in [-0.2, -0.15) is 0 Å². The van der Waals surface area contributed by atoms with E-state index in [9.17, 15) is 13.2 Å². The molecule has 1 aromatic heterocycles. The molecule has 0 spiro atoms. The number of benzene rings is 1. The van der Waals surface area contributed by atoms with E-state index in [0.717, 1.165) is 15.6 Å². The van der Waals surface area contributed by atoms with E-state index in [1.54, 1.807) is 18.3 Å². The van der Waals surface area contributed by atoms with Crippen LogP contribution in [0.2, 0.25) is 0 Å².